The van der Waals surface area contributed by atoms with Crippen molar-refractivity contribution in [3.63, 3.8) is 0 Å². The van der Waals surface area contributed by atoms with E-state index in [2.05, 4.69) is 16.6 Å². The van der Waals surface area contributed by atoms with E-state index in [1.165, 1.54) is 12.3 Å². The molecule has 0 radical (unpaired) electrons. The number of nitrogens with two attached hydrogens (primary N) is 1. The number of aromatic nitrogens is 1. The maximum Gasteiger partial charge on any atom is 0.244 e. The van der Waals surface area contributed by atoms with Gasteiger partial charge in [0, 0.05) is 12.2 Å². The lowest BCUT2D eigenvalue weighted by Gasteiger charge is -2.17. The van der Waals surface area contributed by atoms with Gasteiger partial charge in [-0.1, -0.05) is 13.3 Å². The molecule has 0 amide bonds. The number of hydrogen-bond donors (Lipinski definition) is 2. The van der Waals surface area contributed by atoms with Crippen LogP contribution in [0.5, 0.6) is 0 Å². The summed E-state index contributed by atoms with van der Waals surface area (Å²) in [6.45, 7) is 2.06. The average molecular weight is 255 g/mol. The van der Waals surface area contributed by atoms with E-state index in [4.69, 9.17) is 5.73 Å². The lowest BCUT2D eigenvalue weighted by molar-refractivity contribution is 0.476. The molecule has 0 bridgehead atoms. The third-order valence-corrected chi connectivity index (χ3v) is 4.79. The first-order valence-corrected chi connectivity index (χ1v) is 7.22. The van der Waals surface area contributed by atoms with Crippen LogP contribution in [0.15, 0.2) is 23.2 Å². The summed E-state index contributed by atoms with van der Waals surface area (Å²) >= 11 is 0. The van der Waals surface area contributed by atoms with Crippen LogP contribution in [0.4, 0.5) is 5.82 Å². The van der Waals surface area contributed by atoms with Crippen LogP contribution in [0.2, 0.25) is 0 Å². The third kappa shape index (κ3) is 2.58. The summed E-state index contributed by atoms with van der Waals surface area (Å²) in [5, 5.41) is 0. The molecule has 5 nitrogen and oxygen atoms in total. The number of nitrogens with zero attached hydrogens (tertiary/aromatic N) is 1. The average Bonchev–Trinajstić information content (AvgIpc) is 2.64. The van der Waals surface area contributed by atoms with E-state index >= 15 is 0 Å². The van der Waals surface area contributed by atoms with Crippen LogP contribution in [0.3, 0.4) is 0 Å². The number of nitrogens with one attached hydrogen (secondary N) is 1. The monoisotopic (exact) mass is 255 g/mol. The molecule has 1 aliphatic carbocycles. The van der Waals surface area contributed by atoms with Gasteiger partial charge >= 0.3 is 0 Å². The molecule has 1 aromatic rings. The van der Waals surface area contributed by atoms with Gasteiger partial charge in [0.05, 0.1) is 0 Å². The Kier molecular flexibility index (Phi) is 3.35. The summed E-state index contributed by atoms with van der Waals surface area (Å²) in [6.07, 6.45) is 4.50. The van der Waals surface area contributed by atoms with E-state index in [1.807, 2.05) is 0 Å². The van der Waals surface area contributed by atoms with Crippen molar-refractivity contribution in [2.75, 3.05) is 5.73 Å². The molecular weight excluding hydrogens is 238 g/mol. The first kappa shape index (κ1) is 12.3. The van der Waals surface area contributed by atoms with Crippen molar-refractivity contribution in [2.24, 2.45) is 5.92 Å². The summed E-state index contributed by atoms with van der Waals surface area (Å²) in [4.78, 5) is 3.87. The van der Waals surface area contributed by atoms with Crippen LogP contribution in [-0.2, 0) is 10.0 Å². The van der Waals surface area contributed by atoms with Crippen molar-refractivity contribution >= 4 is 15.8 Å². The van der Waals surface area contributed by atoms with Gasteiger partial charge in [-0.3, -0.25) is 0 Å². The molecular formula is C11H17N3O2S. The fourth-order valence-corrected chi connectivity index (χ4v) is 3.67. The van der Waals surface area contributed by atoms with Gasteiger partial charge in [0.15, 0.2) is 0 Å². The molecule has 1 heterocycles. The number of anilines is 1. The standard InChI is InChI=1S/C11H17N3O2S/c1-8-4-2-5-9(8)14-17(15,16)10-6-3-7-13-11(10)12/h3,6-9,14H,2,4-5H2,1H3,(H2,12,13). The van der Waals surface area contributed by atoms with Crippen molar-refractivity contribution in [3.05, 3.63) is 18.3 Å². The van der Waals surface area contributed by atoms with E-state index in [1.54, 1.807) is 6.07 Å². The van der Waals surface area contributed by atoms with Crippen molar-refractivity contribution in [2.45, 2.75) is 37.1 Å². The van der Waals surface area contributed by atoms with Crippen molar-refractivity contribution in [1.29, 1.82) is 0 Å². The highest BCUT2D eigenvalue weighted by atomic mass is 32.2. The third-order valence-electron chi connectivity index (χ3n) is 3.26. The van der Waals surface area contributed by atoms with E-state index < -0.39 is 10.0 Å². The number of sulfonamides is 1. The molecule has 94 valence electrons. The summed E-state index contributed by atoms with van der Waals surface area (Å²) in [5.74, 6) is 0.424. The Bertz CT molecular complexity index is 501. The number of nitrogen functional groups attached to an aromatic ring is 1. The van der Waals surface area contributed by atoms with Crippen LogP contribution in [0.1, 0.15) is 26.2 Å². The molecule has 1 aromatic heterocycles. The second-order valence-corrected chi connectivity index (χ2v) is 6.21. The molecule has 3 N–H and O–H groups in total. The zero-order valence-electron chi connectivity index (χ0n) is 9.76. The quantitative estimate of drug-likeness (QED) is 0.848. The smallest absolute Gasteiger partial charge is 0.244 e. The van der Waals surface area contributed by atoms with Gasteiger partial charge < -0.3 is 5.73 Å². The van der Waals surface area contributed by atoms with Gasteiger partial charge in [-0.15, -0.1) is 0 Å². The van der Waals surface area contributed by atoms with E-state index in [-0.39, 0.29) is 16.8 Å². The summed E-state index contributed by atoms with van der Waals surface area (Å²) in [6, 6.07) is 3.06. The van der Waals surface area contributed by atoms with Gasteiger partial charge in [0.25, 0.3) is 0 Å². The highest BCUT2D eigenvalue weighted by molar-refractivity contribution is 7.89. The molecule has 17 heavy (non-hydrogen) atoms. The van der Waals surface area contributed by atoms with Crippen molar-refractivity contribution < 1.29 is 8.42 Å². The van der Waals surface area contributed by atoms with Crippen LogP contribution >= 0.6 is 0 Å². The predicted molar refractivity (Wildman–Crippen MR) is 65.8 cm³/mol. The first-order chi connectivity index (χ1) is 8.00. The number of pyridine rings is 1. The van der Waals surface area contributed by atoms with Crippen LogP contribution < -0.4 is 10.5 Å². The Labute approximate surface area is 101 Å². The molecule has 2 atom stereocenters. The van der Waals surface area contributed by atoms with E-state index in [9.17, 15) is 8.42 Å². The Balaban J connectivity index is 2.22. The SMILES string of the molecule is CC1CCCC1NS(=O)(=O)c1cccnc1N. The maximum atomic E-state index is 12.1. The maximum absolute atomic E-state index is 12.1. The Morgan fingerprint density at radius 1 is 1.47 bits per heavy atom. The fraction of sp³-hybridized carbons (Fsp3) is 0.545. The van der Waals surface area contributed by atoms with Gasteiger partial charge in [-0.05, 0) is 30.9 Å². The summed E-state index contributed by atoms with van der Waals surface area (Å²) < 4.78 is 27.0. The van der Waals surface area contributed by atoms with E-state index in [0.717, 1.165) is 19.3 Å². The molecule has 0 spiro atoms. The highest BCUT2D eigenvalue weighted by Gasteiger charge is 2.29. The lowest BCUT2D eigenvalue weighted by Crippen LogP contribution is -2.36. The Hall–Kier alpha value is -1.14. The number of rotatable bonds is 3. The highest BCUT2D eigenvalue weighted by Crippen LogP contribution is 2.26. The topological polar surface area (TPSA) is 85.1 Å². The molecule has 1 fully saturated rings. The van der Waals surface area contributed by atoms with Crippen LogP contribution in [0, 0.1) is 5.92 Å². The zero-order valence-corrected chi connectivity index (χ0v) is 10.6. The molecule has 2 rings (SSSR count). The molecule has 2 unspecified atom stereocenters. The van der Waals surface area contributed by atoms with Gasteiger partial charge in [-0.2, -0.15) is 0 Å². The minimum absolute atomic E-state index is 0.0135. The molecule has 0 saturated heterocycles. The Morgan fingerprint density at radius 3 is 2.82 bits per heavy atom. The van der Waals surface area contributed by atoms with E-state index in [0.29, 0.717) is 5.92 Å². The molecule has 6 heteroatoms. The van der Waals surface area contributed by atoms with Gasteiger partial charge in [0.2, 0.25) is 10.0 Å². The van der Waals surface area contributed by atoms with Gasteiger partial charge in [0.1, 0.15) is 10.7 Å². The first-order valence-electron chi connectivity index (χ1n) is 5.73. The van der Waals surface area contributed by atoms with Crippen LogP contribution in [0.25, 0.3) is 0 Å². The molecule has 1 aliphatic rings. The van der Waals surface area contributed by atoms with Crippen LogP contribution in [-0.4, -0.2) is 19.4 Å². The second-order valence-electron chi connectivity index (χ2n) is 4.52. The molecule has 1 saturated carbocycles. The zero-order chi connectivity index (χ0) is 12.5. The largest absolute Gasteiger partial charge is 0.383 e. The molecule has 0 aromatic carbocycles. The Morgan fingerprint density at radius 2 is 2.24 bits per heavy atom. The minimum Gasteiger partial charge on any atom is -0.383 e. The van der Waals surface area contributed by atoms with Gasteiger partial charge in [-0.25, -0.2) is 18.1 Å². The predicted octanol–water partition coefficient (Wildman–Crippen LogP) is 1.13. The summed E-state index contributed by atoms with van der Waals surface area (Å²) in [7, 11) is -3.54. The van der Waals surface area contributed by atoms with Crippen molar-refractivity contribution in [1.82, 2.24) is 9.71 Å². The summed E-state index contributed by atoms with van der Waals surface area (Å²) in [5.41, 5.74) is 5.59. The van der Waals surface area contributed by atoms with Crippen molar-refractivity contribution in [3.8, 4) is 0 Å². The minimum atomic E-state index is -3.54. The fourth-order valence-electron chi connectivity index (χ4n) is 2.21. The molecule has 0 aliphatic heterocycles. The second kappa shape index (κ2) is 4.62. The lowest BCUT2D eigenvalue weighted by atomic mass is 10.1. The normalized spacial score (nSPS) is 25.0. The number of hydrogen-bond acceptors (Lipinski definition) is 4.